The minimum atomic E-state index is -3.25. The summed E-state index contributed by atoms with van der Waals surface area (Å²) in [7, 11) is -3.25. The van der Waals surface area contributed by atoms with Gasteiger partial charge in [0.25, 0.3) is 0 Å². The van der Waals surface area contributed by atoms with Gasteiger partial charge < -0.3 is 9.47 Å². The van der Waals surface area contributed by atoms with Crippen molar-refractivity contribution in [2.75, 3.05) is 26.2 Å². The van der Waals surface area contributed by atoms with Gasteiger partial charge in [-0.05, 0) is 48.4 Å². The van der Waals surface area contributed by atoms with E-state index in [4.69, 9.17) is 0 Å². The van der Waals surface area contributed by atoms with Gasteiger partial charge in [0.15, 0.2) is 0 Å². The molecule has 0 aromatic carbocycles. The van der Waals surface area contributed by atoms with Gasteiger partial charge in [-0.15, -0.1) is 0 Å². The fourth-order valence-corrected chi connectivity index (χ4v) is 5.18. The van der Waals surface area contributed by atoms with Crippen LogP contribution in [-0.2, 0) is 14.8 Å². The lowest BCUT2D eigenvalue weighted by Gasteiger charge is -2.35. The quantitative estimate of drug-likeness (QED) is 0.755. The number of hydrogen-bond acceptors (Lipinski definition) is 4. The van der Waals surface area contributed by atoms with E-state index in [1.165, 1.54) is 4.31 Å². The summed E-state index contributed by atoms with van der Waals surface area (Å²) in [4.78, 5) is 14.6. The Morgan fingerprint density at radius 3 is 2.35 bits per heavy atom. The lowest BCUT2D eigenvalue weighted by molar-refractivity contribution is -0.133. The Morgan fingerprint density at radius 2 is 1.81 bits per heavy atom. The second kappa shape index (κ2) is 7.94. The van der Waals surface area contributed by atoms with Crippen LogP contribution in [0, 0.1) is 0 Å². The molecule has 1 amide bonds. The molecule has 0 radical (unpaired) electrons. The maximum Gasteiger partial charge on any atom is 0.225 e. The highest BCUT2D eigenvalue weighted by atomic mass is 32.2. The summed E-state index contributed by atoms with van der Waals surface area (Å²) >= 11 is 1.62. The lowest BCUT2D eigenvalue weighted by Crippen LogP contribution is -2.52. The van der Waals surface area contributed by atoms with Gasteiger partial charge in [-0.2, -0.15) is 15.6 Å². The molecule has 1 fully saturated rings. The van der Waals surface area contributed by atoms with Gasteiger partial charge in [0, 0.05) is 38.6 Å². The van der Waals surface area contributed by atoms with E-state index in [0.717, 1.165) is 5.56 Å². The molecule has 1 unspecified atom stereocenters. The fraction of sp³-hybridized carbons (Fsp3) is 0.500. The summed E-state index contributed by atoms with van der Waals surface area (Å²) < 4.78 is 28.1. The second-order valence-electron chi connectivity index (χ2n) is 6.78. The number of carbonyl (C=O) groups excluding carboxylic acids is 1. The molecule has 1 aliphatic rings. The average molecular weight is 396 g/mol. The Kier molecular flexibility index (Phi) is 5.84. The van der Waals surface area contributed by atoms with Gasteiger partial charge in [0.1, 0.15) is 0 Å². The van der Waals surface area contributed by atoms with Crippen molar-refractivity contribution >= 4 is 27.3 Å². The van der Waals surface area contributed by atoms with Crippen LogP contribution in [-0.4, -0.2) is 59.5 Å². The summed E-state index contributed by atoms with van der Waals surface area (Å²) in [6.07, 6.45) is 4.33. The Balaban J connectivity index is 1.65. The molecular formula is C18H25N3O3S2. The van der Waals surface area contributed by atoms with E-state index in [1.807, 2.05) is 29.9 Å². The molecule has 3 heterocycles. The van der Waals surface area contributed by atoms with Gasteiger partial charge in [-0.3, -0.25) is 4.79 Å². The first-order valence-electron chi connectivity index (χ1n) is 8.81. The summed E-state index contributed by atoms with van der Waals surface area (Å²) in [5.41, 5.74) is 1.13. The number of amides is 1. The zero-order chi connectivity index (χ0) is 18.7. The molecule has 0 bridgehead atoms. The monoisotopic (exact) mass is 395 g/mol. The van der Waals surface area contributed by atoms with Crippen LogP contribution >= 0.6 is 11.3 Å². The third-order valence-corrected chi connectivity index (χ3v) is 7.81. The first-order valence-corrected chi connectivity index (χ1v) is 11.3. The average Bonchev–Trinajstić information content (AvgIpc) is 3.33. The van der Waals surface area contributed by atoms with E-state index in [9.17, 15) is 13.2 Å². The van der Waals surface area contributed by atoms with Crippen LogP contribution in [0.3, 0.4) is 0 Å². The van der Waals surface area contributed by atoms with Gasteiger partial charge in [-0.1, -0.05) is 0 Å². The van der Waals surface area contributed by atoms with E-state index < -0.39 is 15.3 Å². The minimum Gasteiger partial charge on any atom is -0.346 e. The highest BCUT2D eigenvalue weighted by Gasteiger charge is 2.31. The number of thiophene rings is 1. The molecule has 2 aromatic rings. The van der Waals surface area contributed by atoms with E-state index in [2.05, 4.69) is 16.0 Å². The molecular weight excluding hydrogens is 370 g/mol. The highest BCUT2D eigenvalue weighted by molar-refractivity contribution is 7.89. The smallest absolute Gasteiger partial charge is 0.225 e. The van der Waals surface area contributed by atoms with Gasteiger partial charge in [0.05, 0.1) is 17.7 Å². The van der Waals surface area contributed by atoms with Crippen LogP contribution in [0.15, 0.2) is 41.4 Å². The maximum atomic E-state index is 12.8. The van der Waals surface area contributed by atoms with Crippen LogP contribution in [0.2, 0.25) is 0 Å². The molecule has 0 aliphatic carbocycles. The number of aromatic nitrogens is 1. The molecule has 2 aromatic heterocycles. The van der Waals surface area contributed by atoms with Crippen molar-refractivity contribution in [1.82, 2.24) is 13.8 Å². The summed E-state index contributed by atoms with van der Waals surface area (Å²) in [5.74, 6) is 0.0662. The van der Waals surface area contributed by atoms with Crippen LogP contribution in [0.25, 0.3) is 0 Å². The highest BCUT2D eigenvalue weighted by Crippen LogP contribution is 2.26. The van der Waals surface area contributed by atoms with Gasteiger partial charge in [-0.25, -0.2) is 8.42 Å². The number of piperazine rings is 1. The minimum absolute atomic E-state index is 0.0267. The number of carbonyl (C=O) groups is 1. The zero-order valence-electron chi connectivity index (χ0n) is 15.1. The Hall–Kier alpha value is -1.64. The summed E-state index contributed by atoms with van der Waals surface area (Å²) in [6.45, 7) is 5.03. The largest absolute Gasteiger partial charge is 0.346 e. The van der Waals surface area contributed by atoms with Crippen LogP contribution in [0.1, 0.15) is 31.9 Å². The standard InChI is InChI=1S/C18H25N3O3S2/c1-15(2)26(23,24)21-10-8-20(9-11-21)18(22)13-17(16-5-12-25-14-16)19-6-3-4-7-19/h3-7,12,14-15,17H,8-11,13H2,1-2H3. The van der Waals surface area contributed by atoms with Crippen molar-refractivity contribution < 1.29 is 13.2 Å². The predicted octanol–water partition coefficient (Wildman–Crippen LogP) is 2.41. The van der Waals surface area contributed by atoms with Gasteiger partial charge in [0.2, 0.25) is 15.9 Å². The van der Waals surface area contributed by atoms with Crippen molar-refractivity contribution in [2.45, 2.75) is 31.6 Å². The van der Waals surface area contributed by atoms with E-state index in [1.54, 1.807) is 30.1 Å². The molecule has 0 saturated carbocycles. The summed E-state index contributed by atoms with van der Waals surface area (Å²) in [5, 5.41) is 3.66. The molecule has 8 heteroatoms. The first-order chi connectivity index (χ1) is 12.4. The van der Waals surface area contributed by atoms with Crippen LogP contribution in [0.5, 0.6) is 0 Å². The van der Waals surface area contributed by atoms with Crippen molar-refractivity contribution in [3.63, 3.8) is 0 Å². The molecule has 1 saturated heterocycles. The number of rotatable bonds is 6. The maximum absolute atomic E-state index is 12.8. The Bertz CT molecular complexity index is 772. The van der Waals surface area contributed by atoms with Gasteiger partial charge >= 0.3 is 0 Å². The Morgan fingerprint density at radius 1 is 1.15 bits per heavy atom. The van der Waals surface area contributed by atoms with Crippen LogP contribution in [0.4, 0.5) is 0 Å². The van der Waals surface area contributed by atoms with E-state index in [-0.39, 0.29) is 11.9 Å². The molecule has 1 atom stereocenters. The predicted molar refractivity (Wildman–Crippen MR) is 104 cm³/mol. The second-order valence-corrected chi connectivity index (χ2v) is 10.0. The van der Waals surface area contributed by atoms with E-state index >= 15 is 0 Å². The Labute approximate surface area is 159 Å². The number of hydrogen-bond donors (Lipinski definition) is 0. The van der Waals surface area contributed by atoms with Crippen molar-refractivity contribution in [2.24, 2.45) is 0 Å². The lowest BCUT2D eigenvalue weighted by atomic mass is 10.1. The van der Waals surface area contributed by atoms with Crippen molar-refractivity contribution in [1.29, 1.82) is 0 Å². The molecule has 142 valence electrons. The van der Waals surface area contributed by atoms with Crippen LogP contribution < -0.4 is 0 Å². The molecule has 0 N–H and O–H groups in total. The SMILES string of the molecule is CC(C)S(=O)(=O)N1CCN(C(=O)CC(c2ccsc2)n2cccc2)CC1. The van der Waals surface area contributed by atoms with Crippen molar-refractivity contribution in [3.8, 4) is 0 Å². The zero-order valence-corrected chi connectivity index (χ0v) is 16.7. The normalized spacial score (nSPS) is 17.6. The van der Waals surface area contributed by atoms with Crippen molar-refractivity contribution in [3.05, 3.63) is 46.9 Å². The van der Waals surface area contributed by atoms with E-state index in [0.29, 0.717) is 32.6 Å². The molecule has 26 heavy (non-hydrogen) atoms. The molecule has 3 rings (SSSR count). The fourth-order valence-electron chi connectivity index (χ4n) is 3.20. The third kappa shape index (κ3) is 4.02. The first kappa shape index (κ1) is 19.1. The number of nitrogens with zero attached hydrogens (tertiary/aromatic N) is 3. The third-order valence-electron chi connectivity index (χ3n) is 4.83. The molecule has 1 aliphatic heterocycles. The molecule has 6 nitrogen and oxygen atoms in total. The topological polar surface area (TPSA) is 62.6 Å². The molecule has 0 spiro atoms. The summed E-state index contributed by atoms with van der Waals surface area (Å²) in [6, 6.07) is 5.94. The number of sulfonamides is 1.